The zero-order valence-electron chi connectivity index (χ0n) is 13.7. The number of nitrogens with zero attached hydrogens (tertiary/aromatic N) is 5. The van der Waals surface area contributed by atoms with Crippen molar-refractivity contribution in [2.45, 2.75) is 10.9 Å². The molecule has 0 fully saturated rings. The highest BCUT2D eigenvalue weighted by Crippen LogP contribution is 2.29. The van der Waals surface area contributed by atoms with Crippen LogP contribution in [0.3, 0.4) is 0 Å². The van der Waals surface area contributed by atoms with Crippen molar-refractivity contribution in [1.82, 2.24) is 25.0 Å². The van der Waals surface area contributed by atoms with E-state index in [2.05, 4.69) is 20.3 Å². The molecule has 0 spiro atoms. The van der Waals surface area contributed by atoms with Crippen LogP contribution in [0.5, 0.6) is 0 Å². The Balaban J connectivity index is 1.51. The molecule has 0 saturated heterocycles. The highest BCUT2D eigenvalue weighted by atomic mass is 35.5. The Bertz CT molecular complexity index is 1100. The van der Waals surface area contributed by atoms with Crippen molar-refractivity contribution in [2.75, 3.05) is 5.84 Å². The SMILES string of the molecule is Nn1c(SCc2nc(-c3ccccc3Cl)no2)nnc1-c1ccccc1Cl. The summed E-state index contributed by atoms with van der Waals surface area (Å²) in [6.45, 7) is 0. The van der Waals surface area contributed by atoms with Gasteiger partial charge in [0, 0.05) is 11.1 Å². The lowest BCUT2D eigenvalue weighted by atomic mass is 10.2. The molecule has 4 aromatic rings. The highest BCUT2D eigenvalue weighted by molar-refractivity contribution is 7.98. The molecule has 7 nitrogen and oxygen atoms in total. The first-order valence-corrected chi connectivity index (χ1v) is 9.53. The van der Waals surface area contributed by atoms with E-state index < -0.39 is 0 Å². The summed E-state index contributed by atoms with van der Waals surface area (Å²) < 4.78 is 6.67. The topological polar surface area (TPSA) is 95.7 Å². The van der Waals surface area contributed by atoms with E-state index in [1.165, 1.54) is 16.4 Å². The number of hydrogen-bond acceptors (Lipinski definition) is 7. The zero-order valence-corrected chi connectivity index (χ0v) is 16.0. The predicted octanol–water partition coefficient (Wildman–Crippen LogP) is 4.31. The molecule has 10 heteroatoms. The number of aromatic nitrogens is 5. The molecule has 0 aliphatic rings. The Labute approximate surface area is 168 Å². The van der Waals surface area contributed by atoms with Gasteiger partial charge in [-0.1, -0.05) is 64.4 Å². The number of halogens is 2. The molecule has 136 valence electrons. The predicted molar refractivity (Wildman–Crippen MR) is 105 cm³/mol. The van der Waals surface area contributed by atoms with Gasteiger partial charge in [-0.15, -0.1) is 10.2 Å². The minimum absolute atomic E-state index is 0.384. The van der Waals surface area contributed by atoms with E-state index in [0.717, 1.165) is 0 Å². The zero-order chi connectivity index (χ0) is 18.8. The molecule has 0 unspecified atom stereocenters. The third-order valence-corrected chi connectivity index (χ3v) is 5.27. The molecule has 0 aliphatic heterocycles. The van der Waals surface area contributed by atoms with Crippen LogP contribution in [-0.2, 0) is 5.75 Å². The maximum Gasteiger partial charge on any atom is 0.237 e. The Hall–Kier alpha value is -2.55. The average Bonchev–Trinajstić information content (AvgIpc) is 3.28. The summed E-state index contributed by atoms with van der Waals surface area (Å²) in [6.07, 6.45) is 0. The molecule has 4 rings (SSSR count). The normalized spacial score (nSPS) is 11.0. The Morgan fingerprint density at radius 3 is 2.33 bits per heavy atom. The van der Waals surface area contributed by atoms with Crippen LogP contribution in [0.4, 0.5) is 0 Å². The first-order valence-electron chi connectivity index (χ1n) is 7.79. The quantitative estimate of drug-likeness (QED) is 0.380. The summed E-state index contributed by atoms with van der Waals surface area (Å²) in [4.78, 5) is 4.36. The van der Waals surface area contributed by atoms with E-state index in [9.17, 15) is 0 Å². The second-order valence-corrected chi connectivity index (χ2v) is 7.19. The fraction of sp³-hybridized carbons (Fsp3) is 0.0588. The summed E-state index contributed by atoms with van der Waals surface area (Å²) in [6, 6.07) is 14.6. The van der Waals surface area contributed by atoms with Crippen LogP contribution in [-0.4, -0.2) is 25.0 Å². The lowest BCUT2D eigenvalue weighted by Crippen LogP contribution is -2.11. The third kappa shape index (κ3) is 3.64. The third-order valence-electron chi connectivity index (χ3n) is 3.69. The molecule has 2 aromatic heterocycles. The molecule has 0 radical (unpaired) electrons. The molecule has 27 heavy (non-hydrogen) atoms. The Morgan fingerprint density at radius 1 is 0.963 bits per heavy atom. The van der Waals surface area contributed by atoms with Gasteiger partial charge in [0.25, 0.3) is 0 Å². The van der Waals surface area contributed by atoms with Crippen molar-refractivity contribution < 1.29 is 4.52 Å². The van der Waals surface area contributed by atoms with E-state index in [0.29, 0.717) is 49.6 Å². The molecule has 0 amide bonds. The van der Waals surface area contributed by atoms with Crippen LogP contribution >= 0.6 is 35.0 Å². The van der Waals surface area contributed by atoms with E-state index in [1.54, 1.807) is 12.1 Å². The standard InChI is InChI=1S/C17H12Cl2N6OS/c18-12-7-3-1-5-10(12)15-21-14(26-24-15)9-27-17-23-22-16(25(17)20)11-6-2-4-8-13(11)19/h1-8H,9,20H2. The van der Waals surface area contributed by atoms with Gasteiger partial charge in [-0.25, -0.2) is 4.68 Å². The molecular weight excluding hydrogens is 407 g/mol. The fourth-order valence-electron chi connectivity index (χ4n) is 2.39. The van der Waals surface area contributed by atoms with Crippen molar-refractivity contribution >= 4 is 35.0 Å². The molecular formula is C17H12Cl2N6OS. The number of hydrogen-bond donors (Lipinski definition) is 1. The van der Waals surface area contributed by atoms with Crippen LogP contribution in [0, 0.1) is 0 Å². The minimum atomic E-state index is 0.384. The molecule has 2 N–H and O–H groups in total. The maximum atomic E-state index is 6.20. The van der Waals surface area contributed by atoms with Crippen LogP contribution in [0.1, 0.15) is 5.89 Å². The Morgan fingerprint density at radius 2 is 1.63 bits per heavy atom. The van der Waals surface area contributed by atoms with Crippen molar-refractivity contribution in [3.05, 3.63) is 64.5 Å². The van der Waals surface area contributed by atoms with Gasteiger partial charge >= 0.3 is 0 Å². The second kappa shape index (κ2) is 7.59. The average molecular weight is 419 g/mol. The fourth-order valence-corrected chi connectivity index (χ4v) is 3.53. The molecule has 2 aromatic carbocycles. The summed E-state index contributed by atoms with van der Waals surface area (Å²) in [5, 5.41) is 13.8. The van der Waals surface area contributed by atoms with Crippen LogP contribution in [0.15, 0.2) is 58.2 Å². The summed E-state index contributed by atoms with van der Waals surface area (Å²) in [5.74, 6) is 7.83. The monoisotopic (exact) mass is 418 g/mol. The van der Waals surface area contributed by atoms with E-state index in [4.69, 9.17) is 33.6 Å². The Kier molecular flexibility index (Phi) is 5.02. The molecule has 0 bridgehead atoms. The van der Waals surface area contributed by atoms with Gasteiger partial charge in [0.15, 0.2) is 5.82 Å². The largest absolute Gasteiger partial charge is 0.338 e. The number of thioether (sulfide) groups is 1. The van der Waals surface area contributed by atoms with Gasteiger partial charge in [-0.05, 0) is 24.3 Å². The lowest BCUT2D eigenvalue weighted by Gasteiger charge is -2.04. The van der Waals surface area contributed by atoms with Gasteiger partial charge < -0.3 is 10.4 Å². The smallest absolute Gasteiger partial charge is 0.237 e. The van der Waals surface area contributed by atoms with Crippen molar-refractivity contribution in [3.8, 4) is 22.8 Å². The summed E-state index contributed by atoms with van der Waals surface area (Å²) >= 11 is 13.7. The van der Waals surface area contributed by atoms with Gasteiger partial charge in [0.1, 0.15) is 0 Å². The lowest BCUT2D eigenvalue weighted by molar-refractivity contribution is 0.391. The van der Waals surface area contributed by atoms with E-state index in [-0.39, 0.29) is 0 Å². The number of nitrogens with two attached hydrogens (primary N) is 1. The summed E-state index contributed by atoms with van der Waals surface area (Å²) in [7, 11) is 0. The highest BCUT2D eigenvalue weighted by Gasteiger charge is 2.16. The van der Waals surface area contributed by atoms with Crippen molar-refractivity contribution in [2.24, 2.45) is 0 Å². The molecule has 0 saturated carbocycles. The maximum absolute atomic E-state index is 6.20. The van der Waals surface area contributed by atoms with Gasteiger partial charge in [0.05, 0.1) is 15.8 Å². The van der Waals surface area contributed by atoms with Gasteiger partial charge in [-0.2, -0.15) is 4.98 Å². The minimum Gasteiger partial charge on any atom is -0.338 e. The van der Waals surface area contributed by atoms with E-state index >= 15 is 0 Å². The van der Waals surface area contributed by atoms with Crippen molar-refractivity contribution in [1.29, 1.82) is 0 Å². The first-order chi connectivity index (χ1) is 13.1. The van der Waals surface area contributed by atoms with E-state index in [1.807, 2.05) is 36.4 Å². The van der Waals surface area contributed by atoms with Crippen molar-refractivity contribution in [3.63, 3.8) is 0 Å². The van der Waals surface area contributed by atoms with Crippen LogP contribution in [0.25, 0.3) is 22.8 Å². The van der Waals surface area contributed by atoms with Crippen LogP contribution in [0.2, 0.25) is 10.0 Å². The number of benzene rings is 2. The molecule has 0 atom stereocenters. The number of rotatable bonds is 5. The molecule has 2 heterocycles. The molecule has 0 aliphatic carbocycles. The van der Waals surface area contributed by atoms with Crippen LogP contribution < -0.4 is 5.84 Å². The summed E-state index contributed by atoms with van der Waals surface area (Å²) in [5.41, 5.74) is 1.42. The van der Waals surface area contributed by atoms with Gasteiger partial charge in [0.2, 0.25) is 16.9 Å². The van der Waals surface area contributed by atoms with Gasteiger partial charge in [-0.3, -0.25) is 0 Å². The first kappa shape index (κ1) is 17.8. The second-order valence-electron chi connectivity index (χ2n) is 5.44. The number of nitrogen functional groups attached to an aromatic ring is 1.